The Morgan fingerprint density at radius 1 is 1.16 bits per heavy atom. The van der Waals surface area contributed by atoms with Crippen molar-refractivity contribution in [1.29, 1.82) is 0 Å². The number of nitrogens with two attached hydrogens (primary N) is 3. The van der Waals surface area contributed by atoms with E-state index in [-0.39, 0.29) is 5.95 Å². The Labute approximate surface area is 145 Å². The Hall–Kier alpha value is -3.26. The van der Waals surface area contributed by atoms with Gasteiger partial charge in [-0.05, 0) is 36.2 Å². The number of furan rings is 1. The highest BCUT2D eigenvalue weighted by Gasteiger charge is 2.19. The predicted molar refractivity (Wildman–Crippen MR) is 99.4 cm³/mol. The molecule has 0 saturated heterocycles. The fraction of sp³-hybridized carbons (Fsp3) is 0.176. The van der Waals surface area contributed by atoms with Crippen LogP contribution in [-0.2, 0) is 6.54 Å². The van der Waals surface area contributed by atoms with Crippen LogP contribution in [0.5, 0.6) is 0 Å². The number of benzene rings is 1. The number of nitrogen functional groups attached to an aromatic ring is 3. The van der Waals surface area contributed by atoms with Gasteiger partial charge in [-0.15, -0.1) is 0 Å². The summed E-state index contributed by atoms with van der Waals surface area (Å²) in [4.78, 5) is 8.49. The van der Waals surface area contributed by atoms with E-state index in [1.54, 1.807) is 30.5 Å². The van der Waals surface area contributed by atoms with Gasteiger partial charge in [0.15, 0.2) is 11.6 Å². The molecule has 1 aromatic carbocycles. The summed E-state index contributed by atoms with van der Waals surface area (Å²) < 4.78 is 5.39. The summed E-state index contributed by atoms with van der Waals surface area (Å²) in [6, 6.07) is 9.40. The third-order valence-corrected chi connectivity index (χ3v) is 3.90. The van der Waals surface area contributed by atoms with Crippen molar-refractivity contribution in [3.05, 3.63) is 47.7 Å². The molecule has 0 fully saturated rings. The van der Waals surface area contributed by atoms with Crippen LogP contribution >= 0.6 is 0 Å². The van der Waals surface area contributed by atoms with Gasteiger partial charge in [-0.1, -0.05) is 12.1 Å². The molecule has 0 amide bonds. The molecule has 0 aliphatic carbocycles. The van der Waals surface area contributed by atoms with Crippen LogP contribution in [0.3, 0.4) is 0 Å². The van der Waals surface area contributed by atoms with E-state index in [0.717, 1.165) is 16.8 Å². The number of hydrogen-bond donors (Lipinski definition) is 4. The molecule has 7 N–H and O–H groups in total. The summed E-state index contributed by atoms with van der Waals surface area (Å²) in [6.45, 7) is 2.49. The van der Waals surface area contributed by atoms with Gasteiger partial charge in [-0.25, -0.2) is 10.4 Å². The number of nitrogens with one attached hydrogen (secondary N) is 1. The summed E-state index contributed by atoms with van der Waals surface area (Å²) in [5, 5.41) is 1.80. The quantitative estimate of drug-likeness (QED) is 0.409. The van der Waals surface area contributed by atoms with Crippen LogP contribution in [0.1, 0.15) is 11.1 Å². The lowest BCUT2D eigenvalue weighted by molar-refractivity contribution is 0.580. The van der Waals surface area contributed by atoms with Gasteiger partial charge >= 0.3 is 0 Å². The van der Waals surface area contributed by atoms with Crippen molar-refractivity contribution in [1.82, 2.24) is 15.4 Å². The molecule has 2 aromatic heterocycles. The average Bonchev–Trinajstić information content (AvgIpc) is 3.12. The van der Waals surface area contributed by atoms with Crippen molar-refractivity contribution >= 4 is 23.1 Å². The normalized spacial score (nSPS) is 10.8. The summed E-state index contributed by atoms with van der Waals surface area (Å²) in [7, 11) is 1.79. The zero-order valence-corrected chi connectivity index (χ0v) is 14.2. The van der Waals surface area contributed by atoms with Crippen molar-refractivity contribution in [2.45, 2.75) is 13.5 Å². The second-order valence-electron chi connectivity index (χ2n) is 5.65. The Kier molecular flexibility index (Phi) is 4.44. The molecule has 0 atom stereocenters. The van der Waals surface area contributed by atoms with Crippen molar-refractivity contribution in [2.24, 2.45) is 0 Å². The van der Waals surface area contributed by atoms with Gasteiger partial charge in [0.1, 0.15) is 11.4 Å². The van der Waals surface area contributed by atoms with Crippen molar-refractivity contribution in [3.63, 3.8) is 0 Å². The molecule has 0 saturated carbocycles. The highest BCUT2D eigenvalue weighted by Crippen LogP contribution is 2.32. The lowest BCUT2D eigenvalue weighted by Gasteiger charge is -2.24. The van der Waals surface area contributed by atoms with Crippen LogP contribution in [0.25, 0.3) is 11.5 Å². The van der Waals surface area contributed by atoms with Crippen molar-refractivity contribution in [2.75, 3.05) is 29.3 Å². The molecular formula is C17H21N7O. The standard InChI is InChI=1S/C17H21N7O/c1-10-8-11(5-6-12(10)18)9-24(21-2)16-14(19)15(22-17(20)23-16)13-4-3-7-25-13/h3-8,21H,9,18-19H2,1-2H3,(H2,20,22,23). The fourth-order valence-corrected chi connectivity index (χ4v) is 2.56. The van der Waals surface area contributed by atoms with Crippen LogP contribution in [0.15, 0.2) is 41.0 Å². The SMILES string of the molecule is CNN(Cc1ccc(N)c(C)c1)c1nc(N)nc(-c2ccco2)c1N. The second kappa shape index (κ2) is 6.70. The lowest BCUT2D eigenvalue weighted by atomic mass is 10.1. The minimum absolute atomic E-state index is 0.115. The van der Waals surface area contributed by atoms with Crippen LogP contribution < -0.4 is 27.6 Å². The van der Waals surface area contributed by atoms with Gasteiger partial charge < -0.3 is 21.6 Å². The molecule has 8 heteroatoms. The topological polar surface area (TPSA) is 132 Å². The number of aryl methyl sites for hydroxylation is 1. The molecule has 0 spiro atoms. The Morgan fingerprint density at radius 3 is 2.60 bits per heavy atom. The van der Waals surface area contributed by atoms with Crippen LogP contribution in [0, 0.1) is 6.92 Å². The first-order valence-corrected chi connectivity index (χ1v) is 7.76. The maximum absolute atomic E-state index is 6.29. The van der Waals surface area contributed by atoms with Gasteiger partial charge in [0.2, 0.25) is 5.95 Å². The van der Waals surface area contributed by atoms with Crippen LogP contribution in [0.4, 0.5) is 23.1 Å². The maximum Gasteiger partial charge on any atom is 0.222 e. The zero-order chi connectivity index (χ0) is 18.0. The number of hydrazine groups is 1. The average molecular weight is 339 g/mol. The summed E-state index contributed by atoms with van der Waals surface area (Å²) in [5.41, 5.74) is 24.8. The lowest BCUT2D eigenvalue weighted by Crippen LogP contribution is -2.36. The van der Waals surface area contributed by atoms with Crippen molar-refractivity contribution < 1.29 is 4.42 Å². The summed E-state index contributed by atoms with van der Waals surface area (Å²) in [6.07, 6.45) is 1.56. The Balaban J connectivity index is 1.99. The molecule has 2 heterocycles. The molecule has 3 aromatic rings. The molecule has 0 aliphatic heterocycles. The van der Waals surface area contributed by atoms with Gasteiger partial charge in [0.25, 0.3) is 0 Å². The predicted octanol–water partition coefficient (Wildman–Crippen LogP) is 1.93. The minimum Gasteiger partial charge on any atom is -0.463 e. The van der Waals surface area contributed by atoms with Crippen LogP contribution in [0.2, 0.25) is 0 Å². The van der Waals surface area contributed by atoms with Crippen molar-refractivity contribution in [3.8, 4) is 11.5 Å². The molecule has 130 valence electrons. The number of hydrogen-bond acceptors (Lipinski definition) is 8. The zero-order valence-electron chi connectivity index (χ0n) is 14.2. The molecule has 3 rings (SSSR count). The minimum atomic E-state index is 0.115. The Bertz CT molecular complexity index is 877. The van der Waals surface area contributed by atoms with Gasteiger partial charge in [-0.2, -0.15) is 4.98 Å². The number of anilines is 4. The van der Waals surface area contributed by atoms with Gasteiger partial charge in [0, 0.05) is 12.7 Å². The van der Waals surface area contributed by atoms with E-state index in [9.17, 15) is 0 Å². The highest BCUT2D eigenvalue weighted by molar-refractivity contribution is 5.79. The molecule has 0 unspecified atom stereocenters. The van der Waals surface area contributed by atoms with E-state index < -0.39 is 0 Å². The van der Waals surface area contributed by atoms with E-state index >= 15 is 0 Å². The van der Waals surface area contributed by atoms with Crippen LogP contribution in [-0.4, -0.2) is 17.0 Å². The number of nitrogens with zero attached hydrogens (tertiary/aromatic N) is 3. The van der Waals surface area contributed by atoms with E-state index in [1.165, 1.54) is 0 Å². The molecule has 0 aliphatic rings. The van der Waals surface area contributed by atoms with Gasteiger partial charge in [-0.3, -0.25) is 5.01 Å². The Morgan fingerprint density at radius 2 is 1.96 bits per heavy atom. The van der Waals surface area contributed by atoms with E-state index in [2.05, 4.69) is 15.4 Å². The molecule has 0 radical (unpaired) electrons. The number of aromatic nitrogens is 2. The third-order valence-electron chi connectivity index (χ3n) is 3.90. The first-order chi connectivity index (χ1) is 12.0. The molecular weight excluding hydrogens is 318 g/mol. The first-order valence-electron chi connectivity index (χ1n) is 7.76. The van der Waals surface area contributed by atoms with E-state index in [0.29, 0.717) is 29.5 Å². The third kappa shape index (κ3) is 3.33. The maximum atomic E-state index is 6.29. The first kappa shape index (κ1) is 16.6. The fourth-order valence-electron chi connectivity index (χ4n) is 2.56. The smallest absolute Gasteiger partial charge is 0.222 e. The monoisotopic (exact) mass is 339 g/mol. The summed E-state index contributed by atoms with van der Waals surface area (Å²) in [5.74, 6) is 1.13. The van der Waals surface area contributed by atoms with E-state index in [1.807, 2.05) is 25.1 Å². The van der Waals surface area contributed by atoms with Gasteiger partial charge in [0.05, 0.1) is 12.8 Å². The second-order valence-corrected chi connectivity index (χ2v) is 5.65. The molecule has 0 bridgehead atoms. The molecule has 8 nitrogen and oxygen atoms in total. The van der Waals surface area contributed by atoms with E-state index in [4.69, 9.17) is 21.6 Å². The highest BCUT2D eigenvalue weighted by atomic mass is 16.3. The molecule has 25 heavy (non-hydrogen) atoms. The number of rotatable bonds is 5. The largest absolute Gasteiger partial charge is 0.463 e. The summed E-state index contributed by atoms with van der Waals surface area (Å²) >= 11 is 0.